The van der Waals surface area contributed by atoms with Crippen molar-refractivity contribution in [1.29, 1.82) is 0 Å². The number of imidazole rings is 1. The fourth-order valence-corrected chi connectivity index (χ4v) is 3.50. The van der Waals surface area contributed by atoms with Crippen LogP contribution < -0.4 is 5.32 Å². The molecule has 0 atom stereocenters. The lowest BCUT2D eigenvalue weighted by Gasteiger charge is -2.10. The van der Waals surface area contributed by atoms with Gasteiger partial charge in [0.2, 0.25) is 5.91 Å². The maximum absolute atomic E-state index is 12.3. The number of nitrogens with one attached hydrogen (secondary N) is 1. The summed E-state index contributed by atoms with van der Waals surface area (Å²) in [5.74, 6) is 0.272. The van der Waals surface area contributed by atoms with Crippen LogP contribution in [0.25, 0.3) is 0 Å². The van der Waals surface area contributed by atoms with Gasteiger partial charge < -0.3 is 9.88 Å². The second kappa shape index (κ2) is 8.43. The van der Waals surface area contributed by atoms with E-state index in [0.717, 1.165) is 27.0 Å². The number of thioether (sulfide) groups is 1. The molecule has 1 amide bonds. The van der Waals surface area contributed by atoms with Crippen molar-refractivity contribution >= 4 is 35.0 Å². The minimum absolute atomic E-state index is 0.0389. The molecule has 1 N–H and O–H groups in total. The summed E-state index contributed by atoms with van der Waals surface area (Å²) in [6.07, 6.45) is 3.67. The first kappa shape index (κ1) is 18.5. The Labute approximate surface area is 162 Å². The Kier molecular flexibility index (Phi) is 6.01. The molecule has 0 radical (unpaired) electrons. The average molecular weight is 386 g/mol. The van der Waals surface area contributed by atoms with E-state index in [1.165, 1.54) is 17.3 Å². The van der Waals surface area contributed by atoms with Crippen molar-refractivity contribution in [2.75, 3.05) is 11.1 Å². The van der Waals surface area contributed by atoms with Gasteiger partial charge in [0.25, 0.3) is 0 Å². The topological polar surface area (TPSA) is 46.9 Å². The highest BCUT2D eigenvalue weighted by Crippen LogP contribution is 2.20. The van der Waals surface area contributed by atoms with Gasteiger partial charge in [-0.2, -0.15) is 0 Å². The first-order valence-electron chi connectivity index (χ1n) is 8.27. The molecule has 0 unspecified atom stereocenters. The Morgan fingerprint density at radius 2 is 1.96 bits per heavy atom. The third-order valence-corrected chi connectivity index (χ3v) is 5.19. The van der Waals surface area contributed by atoms with Gasteiger partial charge in [-0.05, 0) is 43.2 Å². The summed E-state index contributed by atoms with van der Waals surface area (Å²) < 4.78 is 2.03. The molecular weight excluding hydrogens is 366 g/mol. The molecule has 0 spiro atoms. The quantitative estimate of drug-likeness (QED) is 0.612. The highest BCUT2D eigenvalue weighted by Gasteiger charge is 2.10. The maximum Gasteiger partial charge on any atom is 0.234 e. The standard InChI is InChI=1S/C20H20ClN3OS/c1-14-3-8-18(15(2)11-14)23-19(25)13-26-20-22-9-10-24(20)12-16-4-6-17(21)7-5-16/h3-11H,12-13H2,1-2H3,(H,23,25). The van der Waals surface area contributed by atoms with E-state index >= 15 is 0 Å². The number of aromatic nitrogens is 2. The van der Waals surface area contributed by atoms with E-state index in [4.69, 9.17) is 11.6 Å². The number of carbonyl (C=O) groups is 1. The summed E-state index contributed by atoms with van der Waals surface area (Å²) in [4.78, 5) is 16.6. The van der Waals surface area contributed by atoms with Crippen LogP contribution in [0.5, 0.6) is 0 Å². The molecule has 3 aromatic rings. The Hall–Kier alpha value is -2.24. The zero-order valence-electron chi connectivity index (χ0n) is 14.7. The highest BCUT2D eigenvalue weighted by molar-refractivity contribution is 7.99. The van der Waals surface area contributed by atoms with Gasteiger partial charge >= 0.3 is 0 Å². The van der Waals surface area contributed by atoms with Gasteiger partial charge in [-0.1, -0.05) is 53.2 Å². The Morgan fingerprint density at radius 1 is 1.19 bits per heavy atom. The van der Waals surface area contributed by atoms with Crippen molar-refractivity contribution in [3.8, 4) is 0 Å². The summed E-state index contributed by atoms with van der Waals surface area (Å²) in [5, 5.41) is 4.50. The minimum Gasteiger partial charge on any atom is -0.325 e. The third kappa shape index (κ3) is 4.90. The van der Waals surface area contributed by atoms with Crippen molar-refractivity contribution in [3.05, 3.63) is 76.6 Å². The summed E-state index contributed by atoms with van der Waals surface area (Å²) in [6.45, 7) is 4.72. The molecule has 0 aliphatic rings. The van der Waals surface area contributed by atoms with Crippen LogP contribution >= 0.6 is 23.4 Å². The Bertz CT molecular complexity index is 906. The van der Waals surface area contributed by atoms with Crippen LogP contribution in [-0.2, 0) is 11.3 Å². The number of hydrogen-bond acceptors (Lipinski definition) is 3. The monoisotopic (exact) mass is 385 g/mol. The SMILES string of the molecule is Cc1ccc(NC(=O)CSc2nccn2Cc2ccc(Cl)cc2)c(C)c1. The molecule has 0 saturated heterocycles. The van der Waals surface area contributed by atoms with Gasteiger partial charge in [-0.25, -0.2) is 4.98 Å². The predicted octanol–water partition coefficient (Wildman–Crippen LogP) is 4.93. The van der Waals surface area contributed by atoms with Crippen LogP contribution in [0, 0.1) is 13.8 Å². The summed E-state index contributed by atoms with van der Waals surface area (Å²) >= 11 is 7.35. The number of carbonyl (C=O) groups excluding carboxylic acids is 1. The van der Waals surface area contributed by atoms with Crippen LogP contribution in [-0.4, -0.2) is 21.2 Å². The second-order valence-electron chi connectivity index (χ2n) is 6.12. The molecule has 1 heterocycles. The molecule has 0 fully saturated rings. The lowest BCUT2D eigenvalue weighted by atomic mass is 10.1. The lowest BCUT2D eigenvalue weighted by molar-refractivity contribution is -0.113. The zero-order valence-corrected chi connectivity index (χ0v) is 16.3. The number of nitrogens with zero attached hydrogens (tertiary/aromatic N) is 2. The summed E-state index contributed by atoms with van der Waals surface area (Å²) in [5.41, 5.74) is 4.23. The molecule has 0 saturated carbocycles. The van der Waals surface area contributed by atoms with Crippen molar-refractivity contribution in [2.24, 2.45) is 0 Å². The minimum atomic E-state index is -0.0389. The molecule has 6 heteroatoms. The van der Waals surface area contributed by atoms with Crippen molar-refractivity contribution in [2.45, 2.75) is 25.5 Å². The number of aryl methyl sites for hydroxylation is 2. The number of halogens is 1. The van der Waals surface area contributed by atoms with Gasteiger partial charge in [0.1, 0.15) is 0 Å². The van der Waals surface area contributed by atoms with Gasteiger partial charge in [0, 0.05) is 29.6 Å². The van der Waals surface area contributed by atoms with Crippen LogP contribution in [0.4, 0.5) is 5.69 Å². The normalized spacial score (nSPS) is 10.7. The summed E-state index contributed by atoms with van der Waals surface area (Å²) in [7, 11) is 0. The van der Waals surface area contributed by atoms with Gasteiger partial charge in [-0.3, -0.25) is 4.79 Å². The number of benzene rings is 2. The van der Waals surface area contributed by atoms with E-state index in [-0.39, 0.29) is 5.91 Å². The van der Waals surface area contributed by atoms with E-state index in [1.54, 1.807) is 6.20 Å². The maximum atomic E-state index is 12.3. The molecule has 26 heavy (non-hydrogen) atoms. The van der Waals surface area contributed by atoms with Gasteiger partial charge in [-0.15, -0.1) is 0 Å². The molecule has 0 aliphatic carbocycles. The van der Waals surface area contributed by atoms with Crippen LogP contribution in [0.1, 0.15) is 16.7 Å². The average Bonchev–Trinajstić information content (AvgIpc) is 3.05. The fourth-order valence-electron chi connectivity index (χ4n) is 2.61. The van der Waals surface area contributed by atoms with E-state index in [9.17, 15) is 4.79 Å². The Morgan fingerprint density at radius 3 is 2.69 bits per heavy atom. The van der Waals surface area contributed by atoms with E-state index in [1.807, 2.05) is 61.0 Å². The van der Waals surface area contributed by atoms with E-state index in [0.29, 0.717) is 12.3 Å². The van der Waals surface area contributed by atoms with Crippen LogP contribution in [0.15, 0.2) is 60.0 Å². The van der Waals surface area contributed by atoms with Gasteiger partial charge in [0.05, 0.1) is 5.75 Å². The molecule has 134 valence electrons. The van der Waals surface area contributed by atoms with Crippen molar-refractivity contribution < 1.29 is 4.79 Å². The fraction of sp³-hybridized carbons (Fsp3) is 0.200. The van der Waals surface area contributed by atoms with Crippen LogP contribution in [0.3, 0.4) is 0 Å². The van der Waals surface area contributed by atoms with Crippen LogP contribution in [0.2, 0.25) is 5.02 Å². The largest absolute Gasteiger partial charge is 0.325 e. The Balaban J connectivity index is 1.59. The number of rotatable bonds is 6. The van der Waals surface area contributed by atoms with E-state index in [2.05, 4.69) is 16.4 Å². The summed E-state index contributed by atoms with van der Waals surface area (Å²) in [6, 6.07) is 13.7. The lowest BCUT2D eigenvalue weighted by Crippen LogP contribution is -2.15. The molecule has 1 aromatic heterocycles. The zero-order chi connectivity index (χ0) is 18.5. The number of anilines is 1. The predicted molar refractivity (Wildman–Crippen MR) is 108 cm³/mol. The molecule has 2 aromatic carbocycles. The number of hydrogen-bond donors (Lipinski definition) is 1. The van der Waals surface area contributed by atoms with Gasteiger partial charge in [0.15, 0.2) is 5.16 Å². The highest BCUT2D eigenvalue weighted by atomic mass is 35.5. The molecular formula is C20H20ClN3OS. The third-order valence-electron chi connectivity index (χ3n) is 3.93. The first-order valence-corrected chi connectivity index (χ1v) is 9.63. The molecule has 4 nitrogen and oxygen atoms in total. The molecule has 3 rings (SSSR count). The van der Waals surface area contributed by atoms with Crippen molar-refractivity contribution in [1.82, 2.24) is 9.55 Å². The molecule has 0 bridgehead atoms. The second-order valence-corrected chi connectivity index (χ2v) is 7.50. The first-order chi connectivity index (χ1) is 12.5. The molecule has 0 aliphatic heterocycles. The smallest absolute Gasteiger partial charge is 0.234 e. The van der Waals surface area contributed by atoms with Crippen molar-refractivity contribution in [3.63, 3.8) is 0 Å². The van der Waals surface area contributed by atoms with E-state index < -0.39 is 0 Å². The number of amides is 1.